The zero-order valence-corrected chi connectivity index (χ0v) is 57.0. The van der Waals surface area contributed by atoms with E-state index in [1.807, 2.05) is 55.0 Å². The maximum atomic E-state index is 5.17. The molecule has 0 fully saturated rings. The molecule has 0 radical (unpaired) electrons. The molecule has 21 rings (SSSR count). The molecular formula is C96H58N10. The average Bonchev–Trinajstić information content (AvgIpc) is 0.779. The summed E-state index contributed by atoms with van der Waals surface area (Å²) in [6.07, 6.45) is 5.48. The molecule has 0 saturated heterocycles. The van der Waals surface area contributed by atoms with Gasteiger partial charge < -0.3 is 0 Å². The molecule has 0 atom stereocenters. The van der Waals surface area contributed by atoms with E-state index >= 15 is 0 Å². The van der Waals surface area contributed by atoms with Gasteiger partial charge in [-0.3, -0.25) is 15.0 Å². The maximum Gasteiger partial charge on any atom is 0.0972 e. The third kappa shape index (κ3) is 11.5. The number of rotatable bonds is 9. The normalized spacial score (nSPS) is 11.6. The molecule has 0 saturated carbocycles. The first-order chi connectivity index (χ1) is 52.4. The van der Waals surface area contributed by atoms with Crippen LogP contribution in [0.5, 0.6) is 0 Å². The molecule has 106 heavy (non-hydrogen) atoms. The Labute approximate surface area is 608 Å². The smallest absolute Gasteiger partial charge is 0.0972 e. The number of hydrogen-bond acceptors (Lipinski definition) is 10. The summed E-state index contributed by atoms with van der Waals surface area (Å²) in [5.41, 5.74) is 27.7. The first-order valence-corrected chi connectivity index (χ1v) is 35.4. The molecule has 10 heteroatoms. The molecule has 0 aliphatic carbocycles. The van der Waals surface area contributed by atoms with Crippen molar-refractivity contribution >= 4 is 109 Å². The van der Waals surface area contributed by atoms with Crippen molar-refractivity contribution in [2.75, 3.05) is 0 Å². The molecule has 10 aromatic heterocycles. The van der Waals surface area contributed by atoms with Crippen LogP contribution in [0, 0.1) is 0 Å². The predicted molar refractivity (Wildman–Crippen MR) is 435 cm³/mol. The number of nitrogens with zero attached hydrogens (tertiary/aromatic N) is 10. The van der Waals surface area contributed by atoms with Gasteiger partial charge >= 0.3 is 0 Å². The monoisotopic (exact) mass is 1350 g/mol. The van der Waals surface area contributed by atoms with Crippen LogP contribution in [0.15, 0.2) is 352 Å². The van der Waals surface area contributed by atoms with Crippen molar-refractivity contribution in [1.82, 2.24) is 49.8 Å². The highest BCUT2D eigenvalue weighted by molar-refractivity contribution is 6.06. The maximum absolute atomic E-state index is 5.17. The average molecular weight is 1350 g/mol. The van der Waals surface area contributed by atoms with Crippen LogP contribution < -0.4 is 0 Å². The van der Waals surface area contributed by atoms with Crippen LogP contribution in [-0.4, -0.2) is 49.8 Å². The molecule has 21 aromatic rings. The van der Waals surface area contributed by atoms with Gasteiger partial charge in [-0.05, 0) is 131 Å². The number of hydrogen-bond donors (Lipinski definition) is 0. The minimum atomic E-state index is 0.905. The molecule has 0 bridgehead atoms. The highest BCUT2D eigenvalue weighted by Gasteiger charge is 2.16. The largest absolute Gasteiger partial charge is 0.254 e. The Bertz CT molecular complexity index is 7100. The SMILES string of the molecule is c1cc(-c2ccc3cc(-c4ccc5ccc(-c6cccc(-c7ccc8ccc9cccnc9c8n7)c6)nc5c4)ccc3n2)cc(-c2ccc3ccc4cccnc4c3n2)c1.c1ccc(-c2ccc3cc(-c4ccc5ccc(-c6ccc(-c7ccc8ccc9cccnc9c8n7)cc6)nc5c4)ccc3n2)cc1. The molecule has 0 unspecified atom stereocenters. The predicted octanol–water partition coefficient (Wildman–Crippen LogP) is 23.9. The van der Waals surface area contributed by atoms with E-state index < -0.39 is 0 Å². The zero-order valence-electron chi connectivity index (χ0n) is 57.0. The lowest BCUT2D eigenvalue weighted by molar-refractivity contribution is 1.36. The summed E-state index contributed by atoms with van der Waals surface area (Å²) in [6.45, 7) is 0. The standard InChI is InChI=1S/C54H32N6.C42H26N4/c1-5-40(30-42(7-1)48-23-18-36-14-12-34-9-3-27-55-51(34)53(36)59-48)45-26-21-44-29-38(20-25-47(44)57-45)39-16-11-33-17-22-46(58-50(33)32-39)41-6-2-8-43(31-41)49-24-19-37-15-13-35-10-4-28-56-52(35)54(37)60-49;1-2-5-27(6-3-1)36-23-19-35-25-33(18-22-39(35)44-36)34-15-12-30-16-20-37(45-40(30)26-34)28-8-10-29(11-9-28)38-21-17-32-14-13-31-7-4-24-43-41(31)42(32)46-38/h1-32H;1-26H. The minimum absolute atomic E-state index is 0.905. The van der Waals surface area contributed by atoms with Crippen LogP contribution in [-0.2, 0) is 0 Å². The van der Waals surface area contributed by atoms with Crippen LogP contribution in [0.3, 0.4) is 0 Å². The first kappa shape index (κ1) is 61.4. The lowest BCUT2D eigenvalue weighted by atomic mass is 10.00. The zero-order chi connectivity index (χ0) is 70.0. The van der Waals surface area contributed by atoms with Crippen molar-refractivity contribution in [3.8, 4) is 101 Å². The van der Waals surface area contributed by atoms with Gasteiger partial charge in [0.1, 0.15) is 0 Å². The minimum Gasteiger partial charge on any atom is -0.254 e. The van der Waals surface area contributed by atoms with Gasteiger partial charge in [0, 0.05) is 111 Å². The van der Waals surface area contributed by atoms with Crippen LogP contribution in [0.1, 0.15) is 0 Å². The fraction of sp³-hybridized carbons (Fsp3) is 0. The van der Waals surface area contributed by atoms with Crippen molar-refractivity contribution in [2.45, 2.75) is 0 Å². The Morgan fingerprint density at radius 1 is 0.132 bits per heavy atom. The third-order valence-electron chi connectivity index (χ3n) is 20.2. The molecule has 0 aliphatic heterocycles. The quantitative estimate of drug-likeness (QED) is 0.129. The summed E-state index contributed by atoms with van der Waals surface area (Å²) in [7, 11) is 0. The van der Waals surface area contributed by atoms with E-state index in [4.69, 9.17) is 34.9 Å². The van der Waals surface area contributed by atoms with Gasteiger partial charge in [-0.1, -0.05) is 224 Å². The number of pyridine rings is 10. The van der Waals surface area contributed by atoms with Gasteiger partial charge in [0.05, 0.1) is 95.0 Å². The fourth-order valence-corrected chi connectivity index (χ4v) is 14.6. The summed E-state index contributed by atoms with van der Waals surface area (Å²) < 4.78 is 0. The van der Waals surface area contributed by atoms with E-state index in [1.54, 1.807) is 0 Å². The van der Waals surface area contributed by atoms with Crippen molar-refractivity contribution in [3.05, 3.63) is 352 Å². The second-order valence-corrected chi connectivity index (χ2v) is 26.7. The summed E-state index contributed by atoms with van der Waals surface area (Å²) in [5.74, 6) is 0. The highest BCUT2D eigenvalue weighted by Crippen LogP contribution is 2.37. The molecule has 0 N–H and O–H groups in total. The summed E-state index contributed by atoms with van der Waals surface area (Å²) in [5, 5.41) is 10.9. The second kappa shape index (κ2) is 25.8. The lowest BCUT2D eigenvalue weighted by Crippen LogP contribution is -1.91. The van der Waals surface area contributed by atoms with Crippen LogP contribution in [0.2, 0.25) is 0 Å². The molecule has 492 valence electrons. The van der Waals surface area contributed by atoms with Crippen molar-refractivity contribution in [3.63, 3.8) is 0 Å². The van der Waals surface area contributed by atoms with Gasteiger partial charge in [-0.25, -0.2) is 34.9 Å². The van der Waals surface area contributed by atoms with Crippen LogP contribution in [0.4, 0.5) is 0 Å². The summed E-state index contributed by atoms with van der Waals surface area (Å²) in [6, 6.07) is 116. The third-order valence-corrected chi connectivity index (χ3v) is 20.2. The van der Waals surface area contributed by atoms with Crippen LogP contribution in [0.25, 0.3) is 210 Å². The van der Waals surface area contributed by atoms with Crippen LogP contribution >= 0.6 is 0 Å². The van der Waals surface area contributed by atoms with E-state index in [-0.39, 0.29) is 0 Å². The molecule has 10 heterocycles. The molecule has 0 amide bonds. The first-order valence-electron chi connectivity index (χ1n) is 35.4. The Morgan fingerprint density at radius 2 is 0.396 bits per heavy atom. The molecule has 11 aromatic carbocycles. The van der Waals surface area contributed by atoms with E-state index in [1.165, 1.54) is 0 Å². The Kier molecular flexibility index (Phi) is 15.0. The van der Waals surface area contributed by atoms with Crippen molar-refractivity contribution in [2.24, 2.45) is 0 Å². The summed E-state index contributed by atoms with van der Waals surface area (Å²) >= 11 is 0. The van der Waals surface area contributed by atoms with Crippen molar-refractivity contribution < 1.29 is 0 Å². The Balaban J connectivity index is 0.000000145. The molecule has 0 spiro atoms. The van der Waals surface area contributed by atoms with E-state index in [9.17, 15) is 0 Å². The topological polar surface area (TPSA) is 129 Å². The second-order valence-electron chi connectivity index (χ2n) is 26.7. The van der Waals surface area contributed by atoms with Gasteiger partial charge in [0.15, 0.2) is 0 Å². The number of fused-ring (bicyclic) bond motifs is 13. The van der Waals surface area contributed by atoms with Gasteiger partial charge in [-0.15, -0.1) is 0 Å². The number of benzene rings is 11. The van der Waals surface area contributed by atoms with Gasteiger partial charge in [-0.2, -0.15) is 0 Å². The molecule has 10 nitrogen and oxygen atoms in total. The van der Waals surface area contributed by atoms with Gasteiger partial charge in [0.25, 0.3) is 0 Å². The summed E-state index contributed by atoms with van der Waals surface area (Å²) in [4.78, 5) is 49.3. The van der Waals surface area contributed by atoms with Crippen molar-refractivity contribution in [1.29, 1.82) is 0 Å². The fourth-order valence-electron chi connectivity index (χ4n) is 14.6. The van der Waals surface area contributed by atoms with Gasteiger partial charge in [0.2, 0.25) is 0 Å². The molecular weight excluding hydrogens is 1290 g/mol. The van der Waals surface area contributed by atoms with E-state index in [2.05, 4.69) is 312 Å². The Hall–Kier alpha value is -14.5. The highest BCUT2D eigenvalue weighted by atomic mass is 14.8. The molecule has 0 aliphatic rings. The number of aromatic nitrogens is 10. The van der Waals surface area contributed by atoms with E-state index in [0.717, 1.165) is 210 Å². The lowest BCUT2D eigenvalue weighted by Gasteiger charge is -2.10. The van der Waals surface area contributed by atoms with E-state index in [0.29, 0.717) is 0 Å². The Morgan fingerprint density at radius 3 is 0.792 bits per heavy atom.